The molecule has 3 rings (SSSR count). The summed E-state index contributed by atoms with van der Waals surface area (Å²) in [6.07, 6.45) is 3.46. The minimum atomic E-state index is -0.340. The van der Waals surface area contributed by atoms with Crippen LogP contribution in [0.2, 0.25) is 0 Å². The van der Waals surface area contributed by atoms with Crippen molar-refractivity contribution in [3.63, 3.8) is 0 Å². The maximum Gasteiger partial charge on any atom is 0.305 e. The molecule has 3 aromatic rings. The highest BCUT2D eigenvalue weighted by Crippen LogP contribution is 2.20. The molecule has 0 saturated carbocycles. The van der Waals surface area contributed by atoms with Crippen molar-refractivity contribution in [1.29, 1.82) is 0 Å². The Labute approximate surface area is 231 Å². The smallest absolute Gasteiger partial charge is 0.305 e. The molecule has 8 heteroatoms. The number of nitrogens with one attached hydrogen (secondary N) is 1. The van der Waals surface area contributed by atoms with Gasteiger partial charge in [-0.2, -0.15) is 0 Å². The molecule has 2 aromatic carbocycles. The summed E-state index contributed by atoms with van der Waals surface area (Å²) in [6, 6.07) is 15.9. The summed E-state index contributed by atoms with van der Waals surface area (Å²) in [6.45, 7) is 8.00. The summed E-state index contributed by atoms with van der Waals surface area (Å²) < 4.78 is 10.2. The van der Waals surface area contributed by atoms with Gasteiger partial charge in [-0.25, -0.2) is 0 Å². The van der Waals surface area contributed by atoms with Gasteiger partial charge in [0.25, 0.3) is 0 Å². The van der Waals surface area contributed by atoms with Crippen molar-refractivity contribution in [3.8, 4) is 5.75 Å². The molecule has 0 saturated heterocycles. The van der Waals surface area contributed by atoms with Crippen LogP contribution < -0.4 is 4.74 Å². The number of H-pyrrole nitrogens is 1. The molecule has 210 valence electrons. The first-order chi connectivity index (χ1) is 18.8. The van der Waals surface area contributed by atoms with Crippen LogP contribution in [0.1, 0.15) is 51.2 Å². The topological polar surface area (TPSA) is 91.9 Å². The van der Waals surface area contributed by atoms with Gasteiger partial charge in [0, 0.05) is 49.6 Å². The number of benzene rings is 2. The third kappa shape index (κ3) is 9.16. The molecule has 0 radical (unpaired) electrons. The summed E-state index contributed by atoms with van der Waals surface area (Å²) in [5.74, 6) is 0.420. The number of carbonyl (C=O) groups is 3. The van der Waals surface area contributed by atoms with E-state index in [9.17, 15) is 14.4 Å². The molecular weight excluding hydrogens is 494 g/mol. The van der Waals surface area contributed by atoms with Crippen LogP contribution in [0.25, 0.3) is 10.9 Å². The minimum absolute atomic E-state index is 0.000150. The first kappa shape index (κ1) is 29.7. The zero-order chi connectivity index (χ0) is 28.2. The number of aromatic nitrogens is 1. The van der Waals surface area contributed by atoms with Crippen molar-refractivity contribution in [3.05, 3.63) is 65.9 Å². The lowest BCUT2D eigenvalue weighted by Gasteiger charge is -2.29. The Morgan fingerprint density at radius 3 is 2.38 bits per heavy atom. The number of nitrogens with zero attached hydrogens (tertiary/aromatic N) is 2. The number of hydrogen-bond acceptors (Lipinski definition) is 5. The standard InChI is InChI=1S/C31H41N3O5/c1-5-39-26-15-13-24(14-16-26)21-33(18-17-25-19-32-28-10-7-6-9-27(25)28)30(36)22-34(20-23(2)3)29(35)11-8-12-31(37)38-4/h6-7,9-10,13-16,19,23,32H,5,8,11-12,17-18,20-22H2,1-4H3. The Balaban J connectivity index is 1.75. The second-order valence-corrected chi connectivity index (χ2v) is 10.1. The molecule has 0 aliphatic heterocycles. The van der Waals surface area contributed by atoms with Gasteiger partial charge in [0.15, 0.2) is 0 Å². The summed E-state index contributed by atoms with van der Waals surface area (Å²) >= 11 is 0. The highest BCUT2D eigenvalue weighted by Gasteiger charge is 2.23. The number of rotatable bonds is 15. The predicted octanol–water partition coefficient (Wildman–Crippen LogP) is 4.97. The molecule has 0 aliphatic carbocycles. The van der Waals surface area contributed by atoms with Crippen LogP contribution in [-0.4, -0.2) is 65.9 Å². The van der Waals surface area contributed by atoms with Crippen LogP contribution in [0.15, 0.2) is 54.7 Å². The van der Waals surface area contributed by atoms with E-state index in [4.69, 9.17) is 4.74 Å². The number of hydrogen-bond donors (Lipinski definition) is 1. The number of aromatic amines is 1. The molecule has 2 amide bonds. The number of amides is 2. The van der Waals surface area contributed by atoms with E-state index in [1.807, 2.05) is 74.3 Å². The lowest BCUT2D eigenvalue weighted by Crippen LogP contribution is -2.44. The predicted molar refractivity (Wildman–Crippen MR) is 152 cm³/mol. The number of para-hydroxylation sites is 1. The Kier molecular flexibility index (Phi) is 11.4. The first-order valence-corrected chi connectivity index (χ1v) is 13.7. The summed E-state index contributed by atoms with van der Waals surface area (Å²) in [5, 5.41) is 1.15. The van der Waals surface area contributed by atoms with E-state index >= 15 is 0 Å². The fourth-order valence-electron chi connectivity index (χ4n) is 4.57. The first-order valence-electron chi connectivity index (χ1n) is 13.7. The van der Waals surface area contributed by atoms with Crippen molar-refractivity contribution in [2.24, 2.45) is 5.92 Å². The number of fused-ring (bicyclic) bond motifs is 1. The molecule has 1 heterocycles. The van der Waals surface area contributed by atoms with Gasteiger partial charge in [0.1, 0.15) is 5.75 Å². The minimum Gasteiger partial charge on any atom is -0.494 e. The van der Waals surface area contributed by atoms with Crippen molar-refractivity contribution >= 4 is 28.7 Å². The normalized spacial score (nSPS) is 11.0. The van der Waals surface area contributed by atoms with Gasteiger partial charge >= 0.3 is 5.97 Å². The monoisotopic (exact) mass is 535 g/mol. The second-order valence-electron chi connectivity index (χ2n) is 10.1. The number of carbonyl (C=O) groups excluding carboxylic acids is 3. The summed E-state index contributed by atoms with van der Waals surface area (Å²) in [5.41, 5.74) is 3.20. The SMILES string of the molecule is CCOc1ccc(CN(CCc2c[nH]c3ccccc23)C(=O)CN(CC(C)C)C(=O)CCCC(=O)OC)cc1. The van der Waals surface area contributed by atoms with Gasteiger partial charge in [-0.15, -0.1) is 0 Å². The zero-order valence-electron chi connectivity index (χ0n) is 23.6. The zero-order valence-corrected chi connectivity index (χ0v) is 23.6. The number of ether oxygens (including phenoxy) is 2. The van der Waals surface area contributed by atoms with Crippen molar-refractivity contribution in [2.45, 2.75) is 53.0 Å². The van der Waals surface area contributed by atoms with E-state index in [2.05, 4.69) is 15.8 Å². The molecule has 0 unspecified atom stereocenters. The van der Waals surface area contributed by atoms with Crippen LogP contribution in [0.5, 0.6) is 5.75 Å². The third-order valence-electron chi connectivity index (χ3n) is 6.55. The van der Waals surface area contributed by atoms with E-state index in [1.165, 1.54) is 7.11 Å². The average molecular weight is 536 g/mol. The largest absolute Gasteiger partial charge is 0.494 e. The molecule has 0 bridgehead atoms. The number of esters is 1. The van der Waals surface area contributed by atoms with Crippen LogP contribution in [-0.2, 0) is 32.1 Å². The van der Waals surface area contributed by atoms with Crippen molar-refractivity contribution in [1.82, 2.24) is 14.8 Å². The quantitative estimate of drug-likeness (QED) is 0.278. The molecule has 0 spiro atoms. The van der Waals surface area contributed by atoms with Crippen LogP contribution in [0.3, 0.4) is 0 Å². The fraction of sp³-hybridized carbons (Fsp3) is 0.452. The molecular formula is C31H41N3O5. The van der Waals surface area contributed by atoms with E-state index in [0.717, 1.165) is 27.8 Å². The van der Waals surface area contributed by atoms with Crippen molar-refractivity contribution < 1.29 is 23.9 Å². The molecule has 1 N–H and O–H groups in total. The van der Waals surface area contributed by atoms with Crippen LogP contribution >= 0.6 is 0 Å². The molecule has 0 fully saturated rings. The maximum absolute atomic E-state index is 13.7. The van der Waals surface area contributed by atoms with Gasteiger partial charge in [0.2, 0.25) is 11.8 Å². The average Bonchev–Trinajstić information content (AvgIpc) is 3.34. The van der Waals surface area contributed by atoms with Gasteiger partial charge in [-0.05, 0) is 55.0 Å². The van der Waals surface area contributed by atoms with Crippen LogP contribution in [0, 0.1) is 5.92 Å². The lowest BCUT2D eigenvalue weighted by molar-refractivity contribution is -0.142. The lowest BCUT2D eigenvalue weighted by atomic mass is 10.1. The maximum atomic E-state index is 13.7. The van der Waals surface area contributed by atoms with Crippen molar-refractivity contribution in [2.75, 3.05) is 33.4 Å². The Morgan fingerprint density at radius 2 is 1.69 bits per heavy atom. The van der Waals surface area contributed by atoms with E-state index in [0.29, 0.717) is 39.1 Å². The van der Waals surface area contributed by atoms with E-state index in [-0.39, 0.29) is 43.1 Å². The van der Waals surface area contributed by atoms with Gasteiger partial charge in [0.05, 0.1) is 20.3 Å². The molecule has 0 aliphatic rings. The second kappa shape index (κ2) is 15.0. The van der Waals surface area contributed by atoms with Gasteiger partial charge in [-0.1, -0.05) is 44.2 Å². The summed E-state index contributed by atoms with van der Waals surface area (Å²) in [7, 11) is 1.34. The Morgan fingerprint density at radius 1 is 0.949 bits per heavy atom. The van der Waals surface area contributed by atoms with E-state index < -0.39 is 0 Å². The number of methoxy groups -OCH3 is 1. The molecule has 8 nitrogen and oxygen atoms in total. The highest BCUT2D eigenvalue weighted by molar-refractivity contribution is 5.85. The highest BCUT2D eigenvalue weighted by atomic mass is 16.5. The van der Waals surface area contributed by atoms with Gasteiger partial charge < -0.3 is 24.3 Å². The van der Waals surface area contributed by atoms with E-state index in [1.54, 1.807) is 4.90 Å². The molecule has 0 atom stereocenters. The Hall–Kier alpha value is -3.81. The van der Waals surface area contributed by atoms with Crippen LogP contribution in [0.4, 0.5) is 0 Å². The molecule has 1 aromatic heterocycles. The molecule has 39 heavy (non-hydrogen) atoms. The fourth-order valence-corrected chi connectivity index (χ4v) is 4.57. The Bertz CT molecular complexity index is 1220. The summed E-state index contributed by atoms with van der Waals surface area (Å²) in [4.78, 5) is 45.0. The van der Waals surface area contributed by atoms with Gasteiger partial charge in [-0.3, -0.25) is 14.4 Å². The third-order valence-corrected chi connectivity index (χ3v) is 6.55.